The first kappa shape index (κ1) is 13.5. The fraction of sp³-hybridized carbons (Fsp3) is 0.429. The van der Waals surface area contributed by atoms with Crippen LogP contribution in [-0.4, -0.2) is 24.4 Å². The maximum atomic E-state index is 12.1. The largest absolute Gasteiger partial charge is 0.369 e. The van der Waals surface area contributed by atoms with Gasteiger partial charge in [-0.1, -0.05) is 12.1 Å². The molecular formula is C14H19N3O2. The van der Waals surface area contributed by atoms with Crippen LogP contribution >= 0.6 is 0 Å². The van der Waals surface area contributed by atoms with Crippen molar-refractivity contribution in [3.8, 4) is 0 Å². The first-order valence-corrected chi connectivity index (χ1v) is 6.48. The second kappa shape index (κ2) is 5.84. The van der Waals surface area contributed by atoms with E-state index >= 15 is 0 Å². The highest BCUT2D eigenvalue weighted by Gasteiger charge is 2.29. The molecule has 1 heterocycles. The molecule has 0 aliphatic carbocycles. The molecule has 0 saturated carbocycles. The van der Waals surface area contributed by atoms with E-state index in [9.17, 15) is 9.59 Å². The van der Waals surface area contributed by atoms with Gasteiger partial charge in [-0.2, -0.15) is 0 Å². The van der Waals surface area contributed by atoms with Crippen molar-refractivity contribution in [2.24, 2.45) is 11.7 Å². The second-order valence-corrected chi connectivity index (χ2v) is 4.97. The third-order valence-corrected chi connectivity index (χ3v) is 3.46. The van der Waals surface area contributed by atoms with Gasteiger partial charge in [-0.3, -0.25) is 9.59 Å². The maximum Gasteiger partial charge on any atom is 0.229 e. The average molecular weight is 261 g/mol. The van der Waals surface area contributed by atoms with E-state index in [0.717, 1.165) is 24.2 Å². The minimum atomic E-state index is -0.359. The number of hydrogen-bond donors (Lipinski definition) is 3. The summed E-state index contributed by atoms with van der Waals surface area (Å²) in [7, 11) is 0. The Hall–Kier alpha value is -1.88. The number of hydrogen-bond acceptors (Lipinski definition) is 3. The molecule has 2 atom stereocenters. The van der Waals surface area contributed by atoms with Crippen LogP contribution in [0.5, 0.6) is 0 Å². The van der Waals surface area contributed by atoms with E-state index < -0.39 is 0 Å². The minimum Gasteiger partial charge on any atom is -0.369 e. The lowest BCUT2D eigenvalue weighted by molar-refractivity contribution is -0.120. The predicted molar refractivity (Wildman–Crippen MR) is 73.5 cm³/mol. The number of primary amides is 1. The summed E-state index contributed by atoms with van der Waals surface area (Å²) in [5.41, 5.74) is 6.72. The number of nitrogens with one attached hydrogen (secondary N) is 2. The van der Waals surface area contributed by atoms with Crippen LogP contribution in [0.3, 0.4) is 0 Å². The second-order valence-electron chi connectivity index (χ2n) is 4.97. The highest BCUT2D eigenvalue weighted by molar-refractivity contribution is 5.93. The molecule has 0 aromatic heterocycles. The molecular weight excluding hydrogens is 242 g/mol. The molecule has 0 bridgehead atoms. The third-order valence-electron chi connectivity index (χ3n) is 3.46. The Morgan fingerprint density at radius 2 is 2.05 bits per heavy atom. The van der Waals surface area contributed by atoms with E-state index in [4.69, 9.17) is 5.73 Å². The first-order valence-electron chi connectivity index (χ1n) is 6.48. The standard InChI is InChI=1S/C14H19N3O2/c1-9-12(6-7-16-9)14(19)17-11-4-2-10(3-5-11)8-13(15)18/h2-5,9,12,16H,6-8H2,1H3,(H2,15,18)(H,17,19). The molecule has 2 amide bonds. The molecule has 4 N–H and O–H groups in total. The summed E-state index contributed by atoms with van der Waals surface area (Å²) in [6.45, 7) is 2.91. The molecule has 1 aromatic carbocycles. The molecule has 0 radical (unpaired) electrons. The number of amides is 2. The molecule has 1 aromatic rings. The number of carbonyl (C=O) groups is 2. The topological polar surface area (TPSA) is 84.2 Å². The molecule has 2 rings (SSSR count). The summed E-state index contributed by atoms with van der Waals surface area (Å²) in [6, 6.07) is 7.41. The molecule has 19 heavy (non-hydrogen) atoms. The first-order chi connectivity index (χ1) is 9.06. The van der Waals surface area contributed by atoms with E-state index in [2.05, 4.69) is 10.6 Å². The van der Waals surface area contributed by atoms with E-state index in [1.54, 1.807) is 24.3 Å². The Bertz CT molecular complexity index is 470. The van der Waals surface area contributed by atoms with Gasteiger partial charge < -0.3 is 16.4 Å². The highest BCUT2D eigenvalue weighted by Crippen LogP contribution is 2.18. The zero-order valence-electron chi connectivity index (χ0n) is 11.0. The van der Waals surface area contributed by atoms with Crippen LogP contribution < -0.4 is 16.4 Å². The maximum absolute atomic E-state index is 12.1. The molecule has 0 spiro atoms. The predicted octanol–water partition coefficient (Wildman–Crippen LogP) is 0.651. The SMILES string of the molecule is CC1NCCC1C(=O)Nc1ccc(CC(N)=O)cc1. The van der Waals surface area contributed by atoms with E-state index in [0.29, 0.717) is 0 Å². The zero-order valence-corrected chi connectivity index (χ0v) is 11.0. The monoisotopic (exact) mass is 261 g/mol. The average Bonchev–Trinajstić information content (AvgIpc) is 2.77. The van der Waals surface area contributed by atoms with Crippen molar-refractivity contribution in [1.29, 1.82) is 0 Å². The Kier molecular flexibility index (Phi) is 4.16. The molecule has 102 valence electrons. The Labute approximate surface area is 112 Å². The molecule has 5 nitrogen and oxygen atoms in total. The van der Waals surface area contributed by atoms with Gasteiger partial charge in [0.2, 0.25) is 11.8 Å². The van der Waals surface area contributed by atoms with Crippen LogP contribution in [0.4, 0.5) is 5.69 Å². The van der Waals surface area contributed by atoms with Crippen molar-refractivity contribution in [3.63, 3.8) is 0 Å². The summed E-state index contributed by atoms with van der Waals surface area (Å²) in [6.07, 6.45) is 1.09. The molecule has 1 saturated heterocycles. The quantitative estimate of drug-likeness (QED) is 0.744. The van der Waals surface area contributed by atoms with Gasteiger partial charge in [0.15, 0.2) is 0 Å². The number of nitrogens with two attached hydrogens (primary N) is 1. The third kappa shape index (κ3) is 3.54. The summed E-state index contributed by atoms with van der Waals surface area (Å²) in [5.74, 6) is -0.298. The lowest BCUT2D eigenvalue weighted by Crippen LogP contribution is -2.32. The molecule has 1 aliphatic rings. The van der Waals surface area contributed by atoms with Gasteiger partial charge in [-0.25, -0.2) is 0 Å². The fourth-order valence-corrected chi connectivity index (χ4v) is 2.36. The van der Waals surface area contributed by atoms with Gasteiger partial charge in [0.1, 0.15) is 0 Å². The Morgan fingerprint density at radius 3 is 2.58 bits per heavy atom. The van der Waals surface area contributed by atoms with Gasteiger partial charge in [-0.15, -0.1) is 0 Å². The lowest BCUT2D eigenvalue weighted by atomic mass is 10.0. The Balaban J connectivity index is 1.95. The fourth-order valence-electron chi connectivity index (χ4n) is 2.36. The number of benzene rings is 1. The minimum absolute atomic E-state index is 0.0188. The summed E-state index contributed by atoms with van der Waals surface area (Å²) in [4.78, 5) is 22.8. The van der Waals surface area contributed by atoms with Crippen molar-refractivity contribution >= 4 is 17.5 Å². The van der Waals surface area contributed by atoms with E-state index in [1.165, 1.54) is 0 Å². The van der Waals surface area contributed by atoms with Crippen LogP contribution in [-0.2, 0) is 16.0 Å². The summed E-state index contributed by atoms with van der Waals surface area (Å²) >= 11 is 0. The summed E-state index contributed by atoms with van der Waals surface area (Å²) < 4.78 is 0. The molecule has 1 fully saturated rings. The van der Waals surface area contributed by atoms with E-state index in [-0.39, 0.29) is 30.2 Å². The van der Waals surface area contributed by atoms with Crippen molar-refractivity contribution in [2.45, 2.75) is 25.8 Å². The smallest absolute Gasteiger partial charge is 0.229 e. The lowest BCUT2D eigenvalue weighted by Gasteiger charge is -2.15. The van der Waals surface area contributed by atoms with Gasteiger partial charge >= 0.3 is 0 Å². The number of carbonyl (C=O) groups excluding carboxylic acids is 2. The van der Waals surface area contributed by atoms with Gasteiger partial charge in [0.05, 0.1) is 12.3 Å². The van der Waals surface area contributed by atoms with Crippen molar-refractivity contribution < 1.29 is 9.59 Å². The molecule has 5 heteroatoms. The normalized spacial score (nSPS) is 22.2. The summed E-state index contributed by atoms with van der Waals surface area (Å²) in [5, 5.41) is 6.15. The number of rotatable bonds is 4. The van der Waals surface area contributed by atoms with Crippen LogP contribution in [0, 0.1) is 5.92 Å². The van der Waals surface area contributed by atoms with Crippen molar-refractivity contribution in [1.82, 2.24) is 5.32 Å². The molecule has 2 unspecified atom stereocenters. The highest BCUT2D eigenvalue weighted by atomic mass is 16.2. The van der Waals surface area contributed by atoms with Crippen molar-refractivity contribution in [2.75, 3.05) is 11.9 Å². The Morgan fingerprint density at radius 1 is 1.37 bits per heavy atom. The van der Waals surface area contributed by atoms with Crippen LogP contribution in [0.15, 0.2) is 24.3 Å². The van der Waals surface area contributed by atoms with Gasteiger partial charge in [-0.05, 0) is 37.6 Å². The van der Waals surface area contributed by atoms with Crippen LogP contribution in [0.2, 0.25) is 0 Å². The zero-order chi connectivity index (χ0) is 13.8. The van der Waals surface area contributed by atoms with Crippen LogP contribution in [0.1, 0.15) is 18.9 Å². The van der Waals surface area contributed by atoms with Crippen molar-refractivity contribution in [3.05, 3.63) is 29.8 Å². The van der Waals surface area contributed by atoms with E-state index in [1.807, 2.05) is 6.92 Å². The van der Waals surface area contributed by atoms with Gasteiger partial charge in [0.25, 0.3) is 0 Å². The van der Waals surface area contributed by atoms with Gasteiger partial charge in [0, 0.05) is 11.7 Å². The molecule has 1 aliphatic heterocycles. The van der Waals surface area contributed by atoms with Crippen LogP contribution in [0.25, 0.3) is 0 Å². The number of anilines is 1.